The molecule has 1 unspecified atom stereocenters. The van der Waals surface area contributed by atoms with Gasteiger partial charge in [-0.1, -0.05) is 0 Å². The molecule has 1 fully saturated rings. The first kappa shape index (κ1) is 14.5. The first-order chi connectivity index (χ1) is 7.96. The summed E-state index contributed by atoms with van der Waals surface area (Å²) in [5, 5.41) is 9.67. The van der Waals surface area contributed by atoms with Gasteiger partial charge < -0.3 is 24.2 Å². The van der Waals surface area contributed by atoms with Crippen molar-refractivity contribution in [1.29, 1.82) is 0 Å². The fourth-order valence-corrected chi connectivity index (χ4v) is 1.40. The standard InChI is InChI=1S/C11H21NO5/c1-9(13)11(8-15-5-4-12(2)3)16-6-10(14)7-17-11/h9,13H,4-8H2,1-3H3. The van der Waals surface area contributed by atoms with Gasteiger partial charge in [-0.3, -0.25) is 4.79 Å². The number of carbonyl (C=O) groups excluding carboxylic acids is 1. The highest BCUT2D eigenvalue weighted by atomic mass is 16.7. The Hall–Kier alpha value is -0.530. The summed E-state index contributed by atoms with van der Waals surface area (Å²) < 4.78 is 16.0. The lowest BCUT2D eigenvalue weighted by atomic mass is 10.1. The van der Waals surface area contributed by atoms with Crippen LogP contribution in [0.15, 0.2) is 0 Å². The number of Topliss-reactive ketones (excluding diaryl/α,β-unsaturated/α-hetero) is 1. The molecule has 1 atom stereocenters. The number of likely N-dealkylation sites (N-methyl/N-ethyl adjacent to an activating group) is 1. The van der Waals surface area contributed by atoms with Gasteiger partial charge >= 0.3 is 0 Å². The van der Waals surface area contributed by atoms with Crippen molar-refractivity contribution in [3.63, 3.8) is 0 Å². The average molecular weight is 247 g/mol. The molecule has 0 bridgehead atoms. The Bertz CT molecular complexity index is 244. The maximum atomic E-state index is 11.0. The molecular weight excluding hydrogens is 226 g/mol. The third-order valence-electron chi connectivity index (χ3n) is 2.58. The SMILES string of the molecule is CC(O)C1(COCCN(C)C)OCC(=O)CO1. The summed E-state index contributed by atoms with van der Waals surface area (Å²) in [5.41, 5.74) is 0. The van der Waals surface area contributed by atoms with Gasteiger partial charge in [0, 0.05) is 6.54 Å². The van der Waals surface area contributed by atoms with Crippen LogP contribution in [0.25, 0.3) is 0 Å². The minimum atomic E-state index is -1.21. The van der Waals surface area contributed by atoms with Gasteiger partial charge in [-0.2, -0.15) is 0 Å². The van der Waals surface area contributed by atoms with Crippen molar-refractivity contribution in [1.82, 2.24) is 4.90 Å². The van der Waals surface area contributed by atoms with E-state index in [2.05, 4.69) is 0 Å². The summed E-state index contributed by atoms with van der Waals surface area (Å²) in [6, 6.07) is 0. The van der Waals surface area contributed by atoms with Gasteiger partial charge in [0.25, 0.3) is 0 Å². The van der Waals surface area contributed by atoms with Crippen molar-refractivity contribution in [2.24, 2.45) is 0 Å². The van der Waals surface area contributed by atoms with Crippen LogP contribution in [0.2, 0.25) is 0 Å². The van der Waals surface area contributed by atoms with Gasteiger partial charge in [0.1, 0.15) is 25.9 Å². The lowest BCUT2D eigenvalue weighted by Gasteiger charge is -2.38. The van der Waals surface area contributed by atoms with Crippen LogP contribution in [0.3, 0.4) is 0 Å². The average Bonchev–Trinajstić information content (AvgIpc) is 2.26. The Balaban J connectivity index is 2.40. The zero-order valence-corrected chi connectivity index (χ0v) is 10.6. The predicted octanol–water partition coefficient (Wildman–Crippen LogP) is -0.742. The third kappa shape index (κ3) is 4.33. The second kappa shape index (κ2) is 6.42. The summed E-state index contributed by atoms with van der Waals surface area (Å²) >= 11 is 0. The zero-order valence-electron chi connectivity index (χ0n) is 10.6. The summed E-state index contributed by atoms with van der Waals surface area (Å²) in [5.74, 6) is -1.34. The van der Waals surface area contributed by atoms with E-state index in [1.165, 1.54) is 0 Å². The number of rotatable bonds is 6. The largest absolute Gasteiger partial charge is 0.388 e. The Morgan fingerprint density at radius 2 is 2.06 bits per heavy atom. The van der Waals surface area contributed by atoms with E-state index in [9.17, 15) is 9.90 Å². The van der Waals surface area contributed by atoms with Gasteiger partial charge in [0.05, 0.1) is 6.61 Å². The van der Waals surface area contributed by atoms with E-state index >= 15 is 0 Å². The molecule has 100 valence electrons. The molecule has 0 aromatic rings. The van der Waals surface area contributed by atoms with Crippen molar-refractivity contribution in [3.8, 4) is 0 Å². The smallest absolute Gasteiger partial charge is 0.219 e. The Labute approximate surface area is 101 Å². The van der Waals surface area contributed by atoms with Crippen LogP contribution >= 0.6 is 0 Å². The van der Waals surface area contributed by atoms with E-state index in [-0.39, 0.29) is 25.6 Å². The molecule has 1 N–H and O–H groups in total. The van der Waals surface area contributed by atoms with Gasteiger partial charge in [-0.25, -0.2) is 0 Å². The minimum Gasteiger partial charge on any atom is -0.388 e. The van der Waals surface area contributed by atoms with E-state index in [0.717, 1.165) is 6.54 Å². The van der Waals surface area contributed by atoms with Crippen molar-refractivity contribution >= 4 is 5.78 Å². The number of aliphatic hydroxyl groups excluding tert-OH is 1. The van der Waals surface area contributed by atoms with Gasteiger partial charge in [-0.05, 0) is 21.0 Å². The monoisotopic (exact) mass is 247 g/mol. The van der Waals surface area contributed by atoms with Gasteiger partial charge in [0.15, 0.2) is 5.78 Å². The van der Waals surface area contributed by atoms with Crippen LogP contribution in [0, 0.1) is 0 Å². The van der Waals surface area contributed by atoms with Crippen LogP contribution < -0.4 is 0 Å². The van der Waals surface area contributed by atoms with Crippen LogP contribution in [-0.4, -0.2) is 74.7 Å². The second-order valence-corrected chi connectivity index (χ2v) is 4.46. The number of nitrogens with zero attached hydrogens (tertiary/aromatic N) is 1. The maximum Gasteiger partial charge on any atom is 0.219 e. The molecule has 0 radical (unpaired) electrons. The molecular formula is C11H21NO5. The van der Waals surface area contributed by atoms with Crippen LogP contribution in [0.4, 0.5) is 0 Å². The first-order valence-corrected chi connectivity index (χ1v) is 5.66. The molecule has 1 rings (SSSR count). The highest BCUT2D eigenvalue weighted by molar-refractivity contribution is 5.81. The van der Waals surface area contributed by atoms with E-state index in [1.54, 1.807) is 6.92 Å². The number of ketones is 1. The van der Waals surface area contributed by atoms with Crippen LogP contribution in [-0.2, 0) is 19.0 Å². The molecule has 0 aromatic heterocycles. The second-order valence-electron chi connectivity index (χ2n) is 4.46. The molecule has 0 spiro atoms. The number of carbonyl (C=O) groups is 1. The first-order valence-electron chi connectivity index (χ1n) is 5.66. The number of hydrogen-bond donors (Lipinski definition) is 1. The van der Waals surface area contributed by atoms with E-state index in [0.29, 0.717) is 6.61 Å². The number of ether oxygens (including phenoxy) is 3. The van der Waals surface area contributed by atoms with Gasteiger partial charge in [0.2, 0.25) is 5.79 Å². The van der Waals surface area contributed by atoms with Gasteiger partial charge in [-0.15, -0.1) is 0 Å². The predicted molar refractivity (Wildman–Crippen MR) is 60.7 cm³/mol. The quantitative estimate of drug-likeness (QED) is 0.623. The van der Waals surface area contributed by atoms with Crippen molar-refractivity contribution in [3.05, 3.63) is 0 Å². The van der Waals surface area contributed by atoms with Crippen molar-refractivity contribution in [2.45, 2.75) is 18.8 Å². The summed E-state index contributed by atoms with van der Waals surface area (Å²) in [4.78, 5) is 13.0. The Morgan fingerprint density at radius 1 is 1.47 bits per heavy atom. The Morgan fingerprint density at radius 3 is 2.53 bits per heavy atom. The number of aliphatic hydroxyl groups is 1. The molecule has 0 saturated carbocycles. The topological polar surface area (TPSA) is 68.2 Å². The maximum absolute atomic E-state index is 11.0. The lowest BCUT2D eigenvalue weighted by Crippen LogP contribution is -2.55. The summed E-state index contributed by atoms with van der Waals surface area (Å²) in [6.07, 6.45) is -0.852. The Kier molecular flexibility index (Phi) is 5.48. The molecule has 1 saturated heterocycles. The highest BCUT2D eigenvalue weighted by Crippen LogP contribution is 2.22. The fraction of sp³-hybridized carbons (Fsp3) is 0.909. The van der Waals surface area contributed by atoms with Crippen molar-refractivity contribution in [2.75, 3.05) is 47.1 Å². The summed E-state index contributed by atoms with van der Waals surface area (Å²) in [6.45, 7) is 2.89. The van der Waals surface area contributed by atoms with Crippen LogP contribution in [0.5, 0.6) is 0 Å². The molecule has 1 aliphatic heterocycles. The van der Waals surface area contributed by atoms with E-state index < -0.39 is 11.9 Å². The van der Waals surface area contributed by atoms with Crippen LogP contribution in [0.1, 0.15) is 6.92 Å². The van der Waals surface area contributed by atoms with E-state index in [1.807, 2.05) is 19.0 Å². The number of hydrogen-bond acceptors (Lipinski definition) is 6. The lowest BCUT2D eigenvalue weighted by molar-refractivity contribution is -0.308. The van der Waals surface area contributed by atoms with E-state index in [4.69, 9.17) is 14.2 Å². The molecule has 1 heterocycles. The minimum absolute atomic E-state index is 0.0397. The molecule has 17 heavy (non-hydrogen) atoms. The summed E-state index contributed by atoms with van der Waals surface area (Å²) in [7, 11) is 3.89. The normalized spacial score (nSPS) is 21.8. The highest BCUT2D eigenvalue weighted by Gasteiger charge is 2.42. The molecule has 1 aliphatic rings. The fourth-order valence-electron chi connectivity index (χ4n) is 1.40. The van der Waals surface area contributed by atoms with Crippen molar-refractivity contribution < 1.29 is 24.1 Å². The molecule has 0 aromatic carbocycles. The zero-order chi connectivity index (χ0) is 12.9. The molecule has 0 aliphatic carbocycles. The third-order valence-corrected chi connectivity index (χ3v) is 2.58. The molecule has 6 heteroatoms. The molecule has 6 nitrogen and oxygen atoms in total. The molecule has 0 amide bonds.